The third kappa shape index (κ3) is 3.90. The molecule has 3 aromatic rings. The summed E-state index contributed by atoms with van der Waals surface area (Å²) in [6.07, 6.45) is -0.838. The number of hydrogen-bond donors (Lipinski definition) is 1. The molecule has 0 spiro atoms. The summed E-state index contributed by atoms with van der Waals surface area (Å²) in [4.78, 5) is 15.4. The summed E-state index contributed by atoms with van der Waals surface area (Å²) in [6, 6.07) is 5.92. The van der Waals surface area contributed by atoms with Gasteiger partial charge in [-0.15, -0.1) is 0 Å². The molecule has 178 valence electrons. The zero-order chi connectivity index (χ0) is 24.8. The van der Waals surface area contributed by atoms with Gasteiger partial charge in [0.2, 0.25) is 6.41 Å². The molecule has 1 fully saturated rings. The summed E-state index contributed by atoms with van der Waals surface area (Å²) in [7, 11) is 0.174. The van der Waals surface area contributed by atoms with Gasteiger partial charge < -0.3 is 9.88 Å². The van der Waals surface area contributed by atoms with Crippen molar-refractivity contribution in [3.05, 3.63) is 41.0 Å². The van der Waals surface area contributed by atoms with Crippen molar-refractivity contribution in [3.63, 3.8) is 0 Å². The van der Waals surface area contributed by atoms with Crippen molar-refractivity contribution >= 4 is 28.8 Å². The molecule has 1 aliphatic carbocycles. The first-order valence-corrected chi connectivity index (χ1v) is 11.7. The molecule has 1 N–H and O–H groups in total. The first kappa shape index (κ1) is 23.7. The minimum Gasteiger partial charge on any atom is -0.329 e. The fraction of sp³-hybridized carbons (Fsp3) is 0.364. The zero-order valence-corrected chi connectivity index (χ0v) is 19.4. The number of aromatic nitrogens is 4. The molecular formula is C22H21F3N6O2S. The number of carbonyl (C=O) groups excluding carboxylic acids is 1. The highest BCUT2D eigenvalue weighted by Gasteiger charge is 2.45. The Hall–Kier alpha value is -3.46. The summed E-state index contributed by atoms with van der Waals surface area (Å²) in [6.45, 7) is 3.34. The maximum absolute atomic E-state index is 13.3. The lowest BCUT2D eigenvalue weighted by molar-refractivity contribution is -0.116. The van der Waals surface area contributed by atoms with Crippen molar-refractivity contribution in [2.45, 2.75) is 43.2 Å². The highest BCUT2D eigenvalue weighted by atomic mass is 32.2. The first-order valence-electron chi connectivity index (χ1n) is 10.4. The van der Waals surface area contributed by atoms with Gasteiger partial charge in [0.25, 0.3) is 0 Å². The average molecular weight is 491 g/mol. The molecule has 12 heteroatoms. The summed E-state index contributed by atoms with van der Waals surface area (Å²) in [5.41, 5.74) is 0.258. The van der Waals surface area contributed by atoms with Gasteiger partial charge in [-0.05, 0) is 37.5 Å². The second kappa shape index (κ2) is 8.39. The molecule has 1 aliphatic rings. The second-order valence-corrected chi connectivity index (χ2v) is 9.71. The van der Waals surface area contributed by atoms with Crippen LogP contribution < -0.4 is 5.32 Å². The van der Waals surface area contributed by atoms with E-state index in [1.807, 2.05) is 6.07 Å². The Bertz CT molecular complexity index is 1390. The van der Waals surface area contributed by atoms with Crippen LogP contribution in [-0.4, -0.2) is 41.7 Å². The number of imidazole rings is 1. The number of pyridine rings is 1. The summed E-state index contributed by atoms with van der Waals surface area (Å²) < 4.78 is 55.9. The quantitative estimate of drug-likeness (QED) is 0.512. The van der Waals surface area contributed by atoms with E-state index in [-0.39, 0.29) is 23.6 Å². The smallest absolute Gasteiger partial charge is 0.329 e. The van der Waals surface area contributed by atoms with Crippen LogP contribution in [0, 0.1) is 18.3 Å². The zero-order valence-electron chi connectivity index (χ0n) is 18.6. The van der Waals surface area contributed by atoms with Gasteiger partial charge in [0.05, 0.1) is 38.4 Å². The third-order valence-corrected chi connectivity index (χ3v) is 7.40. The number of halogens is 3. The second-order valence-electron chi connectivity index (χ2n) is 8.04. The average Bonchev–Trinajstić information content (AvgIpc) is 3.45. The van der Waals surface area contributed by atoms with Crippen LogP contribution in [-0.2, 0) is 28.1 Å². The van der Waals surface area contributed by atoms with Crippen LogP contribution in [0.1, 0.15) is 36.7 Å². The van der Waals surface area contributed by atoms with Gasteiger partial charge in [-0.25, -0.2) is 9.50 Å². The van der Waals surface area contributed by atoms with Crippen molar-refractivity contribution in [2.24, 2.45) is 7.05 Å². The summed E-state index contributed by atoms with van der Waals surface area (Å²) >= 11 is 0. The minimum absolute atomic E-state index is 0.00781. The molecule has 1 saturated carbocycles. The van der Waals surface area contributed by atoms with Gasteiger partial charge >= 0.3 is 6.18 Å². The summed E-state index contributed by atoms with van der Waals surface area (Å²) in [5, 5.41) is 15.8. The Morgan fingerprint density at radius 1 is 1.38 bits per heavy atom. The molecule has 34 heavy (non-hydrogen) atoms. The number of fused-ring (bicyclic) bond motifs is 1. The first-order chi connectivity index (χ1) is 16.1. The van der Waals surface area contributed by atoms with E-state index in [9.17, 15) is 27.4 Å². The number of nitrogens with one attached hydrogen (secondary N) is 1. The van der Waals surface area contributed by atoms with E-state index in [1.165, 1.54) is 0 Å². The van der Waals surface area contributed by atoms with Crippen LogP contribution >= 0.6 is 0 Å². The van der Waals surface area contributed by atoms with Crippen molar-refractivity contribution in [1.82, 2.24) is 24.5 Å². The molecule has 0 radical (unpaired) electrons. The van der Waals surface area contributed by atoms with Gasteiger partial charge in [0.1, 0.15) is 11.4 Å². The maximum Gasteiger partial charge on any atom is 0.431 e. The fourth-order valence-corrected chi connectivity index (χ4v) is 4.80. The molecule has 0 aliphatic heterocycles. The molecule has 0 bridgehead atoms. The lowest BCUT2D eigenvalue weighted by atomic mass is 10.00. The predicted octanol–water partition coefficient (Wildman–Crippen LogP) is 3.38. The normalized spacial score (nSPS) is 16.3. The van der Waals surface area contributed by atoms with E-state index < -0.39 is 28.1 Å². The molecule has 3 aromatic heterocycles. The molecule has 0 aromatic carbocycles. The van der Waals surface area contributed by atoms with Crippen LogP contribution in [0.25, 0.3) is 23.1 Å². The summed E-state index contributed by atoms with van der Waals surface area (Å²) in [5.74, 6) is 0.537. The van der Waals surface area contributed by atoms with Crippen LogP contribution in [0.4, 0.5) is 13.2 Å². The highest BCUT2D eigenvalue weighted by molar-refractivity contribution is 7.85. The van der Waals surface area contributed by atoms with Crippen molar-refractivity contribution < 1.29 is 22.2 Å². The third-order valence-electron chi connectivity index (χ3n) is 6.02. The number of nitrogens with zero attached hydrogens (tertiary/aromatic N) is 5. The van der Waals surface area contributed by atoms with Crippen LogP contribution in [0.15, 0.2) is 28.9 Å². The lowest BCUT2D eigenvalue weighted by Gasteiger charge is -2.09. The van der Waals surface area contributed by atoms with Gasteiger partial charge in [0, 0.05) is 24.7 Å². The molecular weight excluding hydrogens is 469 g/mol. The maximum atomic E-state index is 13.3. The van der Waals surface area contributed by atoms with Crippen molar-refractivity contribution in [3.8, 4) is 17.6 Å². The number of carbonyl (C=O) groups is 1. The Morgan fingerprint density at radius 2 is 2.09 bits per heavy atom. The number of nitriles is 1. The monoisotopic (exact) mass is 490 g/mol. The Balaban J connectivity index is 1.91. The van der Waals surface area contributed by atoms with Gasteiger partial charge in [-0.3, -0.25) is 9.00 Å². The number of amides is 1. The van der Waals surface area contributed by atoms with E-state index >= 15 is 0 Å². The predicted molar refractivity (Wildman–Crippen MR) is 119 cm³/mol. The van der Waals surface area contributed by atoms with E-state index in [4.69, 9.17) is 0 Å². The molecule has 0 saturated heterocycles. The van der Waals surface area contributed by atoms with E-state index in [0.717, 1.165) is 24.5 Å². The van der Waals surface area contributed by atoms with Gasteiger partial charge in [0.15, 0.2) is 5.82 Å². The molecule has 1 unspecified atom stereocenters. The molecule has 3 heterocycles. The van der Waals surface area contributed by atoms with E-state index in [0.29, 0.717) is 21.9 Å². The molecule has 1 atom stereocenters. The van der Waals surface area contributed by atoms with E-state index in [2.05, 4.69) is 16.2 Å². The standard InChI is InChI=1S/C22H21F3N6O2S/c1-4-34(33)19-16-6-5-14(21(11-26)7-8-21)10-31(16)29-18(19)20-28-15(13(2)30(20)3)9-17(27-12-32)22(23,24)25/h5-6,9-10,12H,4,7-8H2,1-3H3,(H,27,32)/b17-9-. The number of hydrogen-bond acceptors (Lipinski definition) is 5. The topological polar surface area (TPSA) is 105 Å². The van der Waals surface area contributed by atoms with Crippen LogP contribution in [0.2, 0.25) is 0 Å². The van der Waals surface area contributed by atoms with Gasteiger partial charge in [-0.2, -0.15) is 23.5 Å². The number of alkyl halides is 3. The molecule has 1 amide bonds. The lowest BCUT2D eigenvalue weighted by Crippen LogP contribution is -2.25. The van der Waals surface area contributed by atoms with Crippen molar-refractivity contribution in [1.29, 1.82) is 5.26 Å². The van der Waals surface area contributed by atoms with Crippen LogP contribution in [0.5, 0.6) is 0 Å². The van der Waals surface area contributed by atoms with Gasteiger partial charge in [-0.1, -0.05) is 13.0 Å². The molecule has 8 nitrogen and oxygen atoms in total. The SMILES string of the molecule is CCS(=O)c1c(-c2nc(/C=C(\NC=O)C(F)(F)F)c(C)n2C)nn2cc(C3(C#N)CC3)ccc12. The minimum atomic E-state index is -4.78. The fourth-order valence-electron chi connectivity index (χ4n) is 3.77. The largest absolute Gasteiger partial charge is 0.431 e. The number of rotatable bonds is 7. The Morgan fingerprint density at radius 3 is 2.65 bits per heavy atom. The van der Waals surface area contributed by atoms with E-state index in [1.54, 1.807) is 47.6 Å². The van der Waals surface area contributed by atoms with Crippen molar-refractivity contribution in [2.75, 3.05) is 5.75 Å². The highest BCUT2D eigenvalue weighted by Crippen LogP contribution is 2.47. The Labute approximate surface area is 195 Å². The Kier molecular flexibility index (Phi) is 5.85. The number of allylic oxidation sites excluding steroid dienone is 1. The molecule has 4 rings (SSSR count). The van der Waals surface area contributed by atoms with Crippen LogP contribution in [0.3, 0.4) is 0 Å².